The summed E-state index contributed by atoms with van der Waals surface area (Å²) in [6.45, 7) is 0. The molecule has 0 aliphatic rings. The highest BCUT2D eigenvalue weighted by molar-refractivity contribution is 5.75. The van der Waals surface area contributed by atoms with Gasteiger partial charge in [-0.2, -0.15) is 0 Å². The molecule has 0 atom stereocenters. The van der Waals surface area contributed by atoms with Crippen molar-refractivity contribution in [3.8, 4) is 11.4 Å². The summed E-state index contributed by atoms with van der Waals surface area (Å²) >= 11 is 0. The lowest BCUT2D eigenvalue weighted by Gasteiger charge is -2.01. The van der Waals surface area contributed by atoms with Crippen molar-refractivity contribution in [1.82, 2.24) is 15.0 Å². The zero-order chi connectivity index (χ0) is 11.7. The first-order chi connectivity index (χ1) is 8.33. The minimum Gasteiger partial charge on any atom is -0.306 e. The Morgan fingerprint density at radius 1 is 1.00 bits per heavy atom. The van der Waals surface area contributed by atoms with Gasteiger partial charge in [0.2, 0.25) is 5.56 Å². The molecule has 2 aromatic heterocycles. The first kappa shape index (κ1) is 9.72. The van der Waals surface area contributed by atoms with Crippen LogP contribution in [-0.2, 0) is 0 Å². The number of H-pyrrole nitrogens is 1. The van der Waals surface area contributed by atoms with Crippen LogP contribution in [0.25, 0.3) is 22.4 Å². The minimum absolute atomic E-state index is 0.157. The topological polar surface area (TPSA) is 58.6 Å². The van der Waals surface area contributed by atoms with Gasteiger partial charge in [0.05, 0.1) is 0 Å². The van der Waals surface area contributed by atoms with E-state index in [0.29, 0.717) is 11.5 Å². The van der Waals surface area contributed by atoms with E-state index in [4.69, 9.17) is 0 Å². The van der Waals surface area contributed by atoms with Gasteiger partial charge in [-0.05, 0) is 6.07 Å². The third-order valence-corrected chi connectivity index (χ3v) is 2.50. The van der Waals surface area contributed by atoms with Crippen molar-refractivity contribution in [2.75, 3.05) is 0 Å². The number of hydrogen-bond donors (Lipinski definition) is 1. The third kappa shape index (κ3) is 1.80. The van der Waals surface area contributed by atoms with Crippen LogP contribution in [0.15, 0.2) is 53.5 Å². The van der Waals surface area contributed by atoms with Gasteiger partial charge in [-0.25, -0.2) is 9.97 Å². The number of rotatable bonds is 1. The summed E-state index contributed by atoms with van der Waals surface area (Å²) in [5, 5.41) is 0.823. The molecule has 0 amide bonds. The van der Waals surface area contributed by atoms with Gasteiger partial charge in [0.25, 0.3) is 0 Å². The van der Waals surface area contributed by atoms with Crippen molar-refractivity contribution in [2.24, 2.45) is 0 Å². The maximum Gasteiger partial charge on any atom is 0.249 e. The number of aromatic nitrogens is 3. The van der Waals surface area contributed by atoms with E-state index < -0.39 is 0 Å². The molecule has 2 heterocycles. The van der Waals surface area contributed by atoms with Gasteiger partial charge < -0.3 is 4.98 Å². The molecule has 0 saturated carbocycles. The molecule has 17 heavy (non-hydrogen) atoms. The van der Waals surface area contributed by atoms with Gasteiger partial charge in [-0.1, -0.05) is 30.3 Å². The number of aromatic amines is 1. The Morgan fingerprint density at radius 2 is 1.82 bits per heavy atom. The number of fused-ring (bicyclic) bond motifs is 1. The molecular formula is C13H9N3O. The highest BCUT2D eigenvalue weighted by Gasteiger charge is 2.02. The van der Waals surface area contributed by atoms with E-state index >= 15 is 0 Å². The van der Waals surface area contributed by atoms with Gasteiger partial charge >= 0.3 is 0 Å². The Morgan fingerprint density at radius 3 is 2.65 bits per heavy atom. The van der Waals surface area contributed by atoms with Crippen LogP contribution >= 0.6 is 0 Å². The van der Waals surface area contributed by atoms with Crippen molar-refractivity contribution in [1.29, 1.82) is 0 Å². The zero-order valence-corrected chi connectivity index (χ0v) is 8.92. The number of pyridine rings is 1. The smallest absolute Gasteiger partial charge is 0.249 e. The van der Waals surface area contributed by atoms with Crippen molar-refractivity contribution in [3.63, 3.8) is 0 Å². The van der Waals surface area contributed by atoms with Crippen LogP contribution in [0.4, 0.5) is 0 Å². The molecule has 1 aromatic carbocycles. The quantitative estimate of drug-likeness (QED) is 0.686. The van der Waals surface area contributed by atoms with E-state index in [1.54, 1.807) is 12.3 Å². The Labute approximate surface area is 97.0 Å². The highest BCUT2D eigenvalue weighted by atomic mass is 16.1. The van der Waals surface area contributed by atoms with E-state index in [9.17, 15) is 4.79 Å². The Kier molecular flexibility index (Phi) is 2.19. The van der Waals surface area contributed by atoms with Crippen LogP contribution in [0.2, 0.25) is 0 Å². The van der Waals surface area contributed by atoms with E-state index in [-0.39, 0.29) is 5.56 Å². The summed E-state index contributed by atoms with van der Waals surface area (Å²) in [5.41, 5.74) is 1.33. The molecule has 3 aromatic rings. The van der Waals surface area contributed by atoms with Crippen molar-refractivity contribution < 1.29 is 0 Å². The Bertz CT molecular complexity index is 719. The summed E-state index contributed by atoms with van der Waals surface area (Å²) in [6.07, 6.45) is 1.71. The molecule has 0 fully saturated rings. The molecule has 3 rings (SSSR count). The van der Waals surface area contributed by atoms with Gasteiger partial charge in [0, 0.05) is 23.2 Å². The molecule has 0 spiro atoms. The second-order valence-corrected chi connectivity index (χ2v) is 3.69. The fourth-order valence-corrected chi connectivity index (χ4v) is 1.66. The Balaban J connectivity index is 2.23. The van der Waals surface area contributed by atoms with Crippen LogP contribution in [0.5, 0.6) is 0 Å². The largest absolute Gasteiger partial charge is 0.306 e. The van der Waals surface area contributed by atoms with Crippen molar-refractivity contribution in [2.45, 2.75) is 0 Å². The Hall–Kier alpha value is -2.49. The minimum atomic E-state index is -0.157. The molecular weight excluding hydrogens is 214 g/mol. The lowest BCUT2D eigenvalue weighted by molar-refractivity contribution is 1.17. The lowest BCUT2D eigenvalue weighted by atomic mass is 10.2. The number of nitrogens with one attached hydrogen (secondary N) is 1. The van der Waals surface area contributed by atoms with E-state index in [1.807, 2.05) is 30.3 Å². The van der Waals surface area contributed by atoms with Crippen LogP contribution in [0, 0.1) is 0 Å². The fourth-order valence-electron chi connectivity index (χ4n) is 1.66. The predicted octanol–water partition coefficient (Wildman–Crippen LogP) is 1.99. The average molecular weight is 223 g/mol. The maximum atomic E-state index is 11.2. The zero-order valence-electron chi connectivity index (χ0n) is 8.92. The van der Waals surface area contributed by atoms with Crippen molar-refractivity contribution in [3.05, 3.63) is 59.0 Å². The standard InChI is InChI=1S/C13H9N3O/c17-11-7-6-10-8-14-12(16-13(10)15-11)9-4-2-1-3-5-9/h1-8H,(H,14,15,16,17). The first-order valence-corrected chi connectivity index (χ1v) is 5.24. The fraction of sp³-hybridized carbons (Fsp3) is 0. The molecule has 0 bridgehead atoms. The van der Waals surface area contributed by atoms with E-state index in [2.05, 4.69) is 15.0 Å². The number of hydrogen-bond acceptors (Lipinski definition) is 3. The molecule has 0 unspecified atom stereocenters. The molecule has 0 aliphatic heterocycles. The first-order valence-electron chi connectivity index (χ1n) is 5.24. The average Bonchev–Trinajstić information content (AvgIpc) is 2.39. The molecule has 4 nitrogen and oxygen atoms in total. The van der Waals surface area contributed by atoms with E-state index in [0.717, 1.165) is 10.9 Å². The number of nitrogens with zero attached hydrogens (tertiary/aromatic N) is 2. The maximum absolute atomic E-state index is 11.2. The van der Waals surface area contributed by atoms with Gasteiger partial charge in [0.1, 0.15) is 5.65 Å². The summed E-state index contributed by atoms with van der Waals surface area (Å²) in [6, 6.07) is 12.8. The van der Waals surface area contributed by atoms with Gasteiger partial charge in [-0.15, -0.1) is 0 Å². The molecule has 0 saturated heterocycles. The SMILES string of the molecule is O=c1ccc2cnc(-c3ccccc3)nc2[nH]1. The lowest BCUT2D eigenvalue weighted by Crippen LogP contribution is -2.04. The van der Waals surface area contributed by atoms with Gasteiger partial charge in [0.15, 0.2) is 5.82 Å². The molecule has 0 radical (unpaired) electrons. The molecule has 82 valence electrons. The van der Waals surface area contributed by atoms with Gasteiger partial charge in [-0.3, -0.25) is 4.79 Å². The summed E-state index contributed by atoms with van der Waals surface area (Å²) in [5.74, 6) is 0.611. The number of benzene rings is 1. The molecule has 0 aliphatic carbocycles. The van der Waals surface area contributed by atoms with Crippen LogP contribution < -0.4 is 5.56 Å². The van der Waals surface area contributed by atoms with E-state index in [1.165, 1.54) is 6.07 Å². The second kappa shape index (κ2) is 3.83. The summed E-state index contributed by atoms with van der Waals surface area (Å²) in [7, 11) is 0. The predicted molar refractivity (Wildman–Crippen MR) is 65.6 cm³/mol. The monoisotopic (exact) mass is 223 g/mol. The second-order valence-electron chi connectivity index (χ2n) is 3.69. The van der Waals surface area contributed by atoms with Crippen LogP contribution in [0.1, 0.15) is 0 Å². The summed E-state index contributed by atoms with van der Waals surface area (Å²) in [4.78, 5) is 22.5. The van der Waals surface area contributed by atoms with Crippen molar-refractivity contribution >= 4 is 11.0 Å². The third-order valence-electron chi connectivity index (χ3n) is 2.50. The normalized spacial score (nSPS) is 10.6. The molecule has 1 N–H and O–H groups in total. The van der Waals surface area contributed by atoms with Crippen LogP contribution in [-0.4, -0.2) is 15.0 Å². The summed E-state index contributed by atoms with van der Waals surface area (Å²) < 4.78 is 0. The van der Waals surface area contributed by atoms with Crippen LogP contribution in [0.3, 0.4) is 0 Å². The molecule has 4 heteroatoms. The highest BCUT2D eigenvalue weighted by Crippen LogP contribution is 2.15.